The van der Waals surface area contributed by atoms with Crippen molar-refractivity contribution in [2.24, 2.45) is 0 Å². The quantitative estimate of drug-likeness (QED) is 0.861. The fourth-order valence-corrected chi connectivity index (χ4v) is 2.16. The Morgan fingerprint density at radius 1 is 1.19 bits per heavy atom. The second-order valence-electron chi connectivity index (χ2n) is 4.85. The van der Waals surface area contributed by atoms with E-state index in [9.17, 15) is 9.18 Å². The Morgan fingerprint density at radius 3 is 2.52 bits per heavy atom. The molecule has 1 atom stereocenters. The molecule has 110 valence electrons. The van der Waals surface area contributed by atoms with Crippen molar-refractivity contribution in [2.45, 2.75) is 19.9 Å². The number of halogens is 2. The summed E-state index contributed by atoms with van der Waals surface area (Å²) in [5.74, 6) is -0.619. The number of hydrogen-bond donors (Lipinski definition) is 2. The van der Waals surface area contributed by atoms with E-state index in [2.05, 4.69) is 26.6 Å². The van der Waals surface area contributed by atoms with Gasteiger partial charge in [0.05, 0.1) is 5.69 Å². The van der Waals surface area contributed by atoms with Gasteiger partial charge in [0.1, 0.15) is 11.9 Å². The Balaban J connectivity index is 2.02. The molecular weight excluding hydrogens is 335 g/mol. The molecule has 1 unspecified atom stereocenters. The van der Waals surface area contributed by atoms with Gasteiger partial charge in [0.25, 0.3) is 0 Å². The Bertz CT molecular complexity index is 643. The number of hydrogen-bond acceptors (Lipinski definition) is 2. The molecule has 3 nitrogen and oxygen atoms in total. The van der Waals surface area contributed by atoms with Crippen LogP contribution in [0.2, 0.25) is 0 Å². The van der Waals surface area contributed by atoms with Crippen LogP contribution >= 0.6 is 15.9 Å². The first kappa shape index (κ1) is 15.5. The van der Waals surface area contributed by atoms with Crippen molar-refractivity contribution in [3.63, 3.8) is 0 Å². The van der Waals surface area contributed by atoms with Crippen molar-refractivity contribution in [1.29, 1.82) is 0 Å². The lowest BCUT2D eigenvalue weighted by atomic mass is 10.2. The molecule has 0 aliphatic carbocycles. The van der Waals surface area contributed by atoms with E-state index in [1.165, 1.54) is 6.07 Å². The minimum atomic E-state index is -0.560. The SMILES string of the molecule is Cc1ccc(NC(=O)C(C)Nc2cc(Br)ccc2F)cc1. The molecule has 0 spiro atoms. The molecule has 0 bridgehead atoms. The normalized spacial score (nSPS) is 11.8. The highest BCUT2D eigenvalue weighted by molar-refractivity contribution is 9.10. The third kappa shape index (κ3) is 4.29. The predicted molar refractivity (Wildman–Crippen MR) is 87.0 cm³/mol. The summed E-state index contributed by atoms with van der Waals surface area (Å²) in [7, 11) is 0. The molecule has 2 aromatic carbocycles. The van der Waals surface area contributed by atoms with Crippen LogP contribution in [0, 0.1) is 12.7 Å². The largest absolute Gasteiger partial charge is 0.371 e. The second kappa shape index (κ2) is 6.72. The van der Waals surface area contributed by atoms with Gasteiger partial charge >= 0.3 is 0 Å². The molecule has 0 aromatic heterocycles. The third-order valence-corrected chi connectivity index (χ3v) is 3.51. The van der Waals surface area contributed by atoms with Crippen LogP contribution in [0.4, 0.5) is 15.8 Å². The highest BCUT2D eigenvalue weighted by Crippen LogP contribution is 2.21. The maximum Gasteiger partial charge on any atom is 0.246 e. The number of amides is 1. The van der Waals surface area contributed by atoms with Crippen LogP contribution in [0.1, 0.15) is 12.5 Å². The number of rotatable bonds is 4. The van der Waals surface area contributed by atoms with E-state index in [-0.39, 0.29) is 11.6 Å². The third-order valence-electron chi connectivity index (χ3n) is 3.01. The number of anilines is 2. The van der Waals surface area contributed by atoms with Crippen LogP contribution in [0.25, 0.3) is 0 Å². The summed E-state index contributed by atoms with van der Waals surface area (Å²) >= 11 is 3.28. The molecule has 0 radical (unpaired) electrons. The van der Waals surface area contributed by atoms with Crippen molar-refractivity contribution in [1.82, 2.24) is 0 Å². The first-order chi connectivity index (χ1) is 9.95. The number of carbonyl (C=O) groups is 1. The topological polar surface area (TPSA) is 41.1 Å². The average molecular weight is 351 g/mol. The molecule has 0 fully saturated rings. The van der Waals surface area contributed by atoms with E-state index < -0.39 is 11.9 Å². The molecule has 2 aromatic rings. The van der Waals surface area contributed by atoms with E-state index >= 15 is 0 Å². The zero-order valence-electron chi connectivity index (χ0n) is 11.8. The monoisotopic (exact) mass is 350 g/mol. The van der Waals surface area contributed by atoms with Crippen molar-refractivity contribution in [3.8, 4) is 0 Å². The molecule has 1 amide bonds. The summed E-state index contributed by atoms with van der Waals surface area (Å²) in [5.41, 5.74) is 2.13. The molecule has 2 N–H and O–H groups in total. The molecule has 0 aliphatic rings. The molecule has 21 heavy (non-hydrogen) atoms. The molecule has 0 saturated carbocycles. The summed E-state index contributed by atoms with van der Waals surface area (Å²) in [6.07, 6.45) is 0. The number of nitrogens with one attached hydrogen (secondary N) is 2. The Kier molecular flexibility index (Phi) is 4.96. The smallest absolute Gasteiger partial charge is 0.246 e. The van der Waals surface area contributed by atoms with Gasteiger partial charge in [0, 0.05) is 10.2 Å². The number of aryl methyl sites for hydroxylation is 1. The van der Waals surface area contributed by atoms with Gasteiger partial charge < -0.3 is 10.6 Å². The molecule has 0 heterocycles. The lowest BCUT2D eigenvalue weighted by molar-refractivity contribution is -0.116. The average Bonchev–Trinajstić information content (AvgIpc) is 2.45. The van der Waals surface area contributed by atoms with Crippen molar-refractivity contribution in [2.75, 3.05) is 10.6 Å². The van der Waals surface area contributed by atoms with E-state index in [1.807, 2.05) is 31.2 Å². The molecular formula is C16H16BrFN2O. The molecule has 0 saturated heterocycles. The molecule has 2 rings (SSSR count). The van der Waals surface area contributed by atoms with Gasteiger partial charge in [-0.25, -0.2) is 4.39 Å². The van der Waals surface area contributed by atoms with E-state index in [0.717, 1.165) is 10.0 Å². The highest BCUT2D eigenvalue weighted by atomic mass is 79.9. The van der Waals surface area contributed by atoms with Crippen molar-refractivity contribution >= 4 is 33.2 Å². The van der Waals surface area contributed by atoms with Gasteiger partial charge in [-0.1, -0.05) is 33.6 Å². The van der Waals surface area contributed by atoms with Gasteiger partial charge in [-0.15, -0.1) is 0 Å². The maximum atomic E-state index is 13.6. The Morgan fingerprint density at radius 2 is 1.86 bits per heavy atom. The van der Waals surface area contributed by atoms with Crippen molar-refractivity contribution in [3.05, 3.63) is 58.3 Å². The van der Waals surface area contributed by atoms with Gasteiger partial charge in [0.2, 0.25) is 5.91 Å². The minimum Gasteiger partial charge on any atom is -0.371 e. The van der Waals surface area contributed by atoms with Gasteiger partial charge in [-0.05, 0) is 44.2 Å². The van der Waals surface area contributed by atoms with E-state index in [1.54, 1.807) is 19.1 Å². The summed E-state index contributed by atoms with van der Waals surface area (Å²) in [4.78, 5) is 12.1. The Labute approximate surface area is 131 Å². The lowest BCUT2D eigenvalue weighted by Gasteiger charge is -2.16. The Hall–Kier alpha value is -1.88. The van der Waals surface area contributed by atoms with E-state index in [0.29, 0.717) is 5.69 Å². The number of carbonyl (C=O) groups excluding carboxylic acids is 1. The standard InChI is InChI=1S/C16H16BrFN2O/c1-10-3-6-13(7-4-10)20-16(21)11(2)19-15-9-12(17)5-8-14(15)18/h3-9,11,19H,1-2H3,(H,20,21). The number of benzene rings is 2. The van der Waals surface area contributed by atoms with Crippen LogP contribution < -0.4 is 10.6 Å². The fourth-order valence-electron chi connectivity index (χ4n) is 1.79. The highest BCUT2D eigenvalue weighted by Gasteiger charge is 2.14. The van der Waals surface area contributed by atoms with Gasteiger partial charge in [0.15, 0.2) is 0 Å². The molecule has 5 heteroatoms. The lowest BCUT2D eigenvalue weighted by Crippen LogP contribution is -2.32. The van der Waals surface area contributed by atoms with Crippen LogP contribution in [0.5, 0.6) is 0 Å². The maximum absolute atomic E-state index is 13.6. The van der Waals surface area contributed by atoms with Crippen LogP contribution in [-0.2, 0) is 4.79 Å². The first-order valence-corrected chi connectivity index (χ1v) is 7.34. The summed E-state index contributed by atoms with van der Waals surface area (Å²) < 4.78 is 14.4. The predicted octanol–water partition coefficient (Wildman–Crippen LogP) is 4.34. The zero-order chi connectivity index (χ0) is 15.4. The van der Waals surface area contributed by atoms with Crippen LogP contribution in [0.3, 0.4) is 0 Å². The summed E-state index contributed by atoms with van der Waals surface area (Å²) in [6, 6.07) is 11.5. The minimum absolute atomic E-state index is 0.224. The summed E-state index contributed by atoms with van der Waals surface area (Å²) in [5, 5.41) is 5.65. The van der Waals surface area contributed by atoms with Gasteiger partial charge in [-0.2, -0.15) is 0 Å². The van der Waals surface area contributed by atoms with Gasteiger partial charge in [-0.3, -0.25) is 4.79 Å². The van der Waals surface area contributed by atoms with E-state index in [4.69, 9.17) is 0 Å². The van der Waals surface area contributed by atoms with Crippen LogP contribution in [0.15, 0.2) is 46.9 Å². The summed E-state index contributed by atoms with van der Waals surface area (Å²) in [6.45, 7) is 3.66. The second-order valence-corrected chi connectivity index (χ2v) is 5.76. The zero-order valence-corrected chi connectivity index (χ0v) is 13.4. The van der Waals surface area contributed by atoms with Crippen molar-refractivity contribution < 1.29 is 9.18 Å². The first-order valence-electron chi connectivity index (χ1n) is 6.55. The van der Waals surface area contributed by atoms with Crippen LogP contribution in [-0.4, -0.2) is 11.9 Å². The fraction of sp³-hybridized carbons (Fsp3) is 0.188. The molecule has 0 aliphatic heterocycles.